The zero-order chi connectivity index (χ0) is 13.5. The molecule has 0 N–H and O–H groups in total. The van der Waals surface area contributed by atoms with Gasteiger partial charge in [-0.25, -0.2) is 9.79 Å². The third kappa shape index (κ3) is 1.95. The number of rotatable bonds is 2. The van der Waals surface area contributed by atoms with E-state index in [9.17, 15) is 4.79 Å². The number of ether oxygens (including phenoxy) is 1. The molecule has 102 valence electrons. The van der Waals surface area contributed by atoms with Gasteiger partial charge in [-0.3, -0.25) is 0 Å². The Bertz CT molecular complexity index is 664. The molecule has 20 heavy (non-hydrogen) atoms. The van der Waals surface area contributed by atoms with Crippen LogP contribution in [0.25, 0.3) is 10.1 Å². The smallest absolute Gasteiger partial charge is 0.338 e. The van der Waals surface area contributed by atoms with Crippen molar-refractivity contribution in [1.29, 1.82) is 0 Å². The number of esters is 1. The van der Waals surface area contributed by atoms with Crippen LogP contribution in [0.15, 0.2) is 35.3 Å². The molecule has 4 heteroatoms. The van der Waals surface area contributed by atoms with Crippen molar-refractivity contribution in [3.63, 3.8) is 0 Å². The highest BCUT2D eigenvalue weighted by Gasteiger charge is 2.37. The number of benzene rings is 1. The van der Waals surface area contributed by atoms with Gasteiger partial charge in [-0.1, -0.05) is 31.0 Å². The first-order valence-electron chi connectivity index (χ1n) is 7.10. The van der Waals surface area contributed by atoms with E-state index in [2.05, 4.69) is 23.2 Å². The van der Waals surface area contributed by atoms with E-state index in [0.717, 1.165) is 17.7 Å². The van der Waals surface area contributed by atoms with Crippen molar-refractivity contribution in [2.24, 2.45) is 10.9 Å². The van der Waals surface area contributed by atoms with Gasteiger partial charge in [0.15, 0.2) is 6.04 Å². The molecule has 1 fully saturated rings. The molecule has 1 aliphatic carbocycles. The lowest BCUT2D eigenvalue weighted by Gasteiger charge is -2.10. The van der Waals surface area contributed by atoms with Gasteiger partial charge >= 0.3 is 5.97 Å². The Morgan fingerprint density at radius 3 is 2.80 bits per heavy atom. The summed E-state index contributed by atoms with van der Waals surface area (Å²) in [7, 11) is 0. The lowest BCUT2D eigenvalue weighted by atomic mass is 9.99. The van der Waals surface area contributed by atoms with Crippen molar-refractivity contribution < 1.29 is 9.53 Å². The summed E-state index contributed by atoms with van der Waals surface area (Å²) in [6, 6.07) is 9.98. The molecule has 0 radical (unpaired) electrons. The fourth-order valence-electron chi connectivity index (χ4n) is 3.13. The molecule has 1 aliphatic heterocycles. The molecular formula is C16H15NO2S. The zero-order valence-corrected chi connectivity index (χ0v) is 11.9. The van der Waals surface area contributed by atoms with Crippen LogP contribution in [-0.2, 0) is 9.53 Å². The molecule has 2 heterocycles. The van der Waals surface area contributed by atoms with Crippen molar-refractivity contribution in [1.82, 2.24) is 0 Å². The lowest BCUT2D eigenvalue weighted by Crippen LogP contribution is -2.23. The minimum atomic E-state index is -0.266. The summed E-state index contributed by atoms with van der Waals surface area (Å²) >= 11 is 1.63. The molecule has 4 rings (SSSR count). The van der Waals surface area contributed by atoms with E-state index < -0.39 is 0 Å². The van der Waals surface area contributed by atoms with E-state index in [1.165, 1.54) is 22.9 Å². The maximum absolute atomic E-state index is 12.0. The summed E-state index contributed by atoms with van der Waals surface area (Å²) in [4.78, 5) is 17.6. The highest BCUT2D eigenvalue weighted by molar-refractivity contribution is 7.20. The van der Waals surface area contributed by atoms with Crippen LogP contribution in [0.2, 0.25) is 0 Å². The van der Waals surface area contributed by atoms with Crippen LogP contribution in [0.4, 0.5) is 0 Å². The van der Waals surface area contributed by atoms with Crippen molar-refractivity contribution in [2.75, 3.05) is 0 Å². The molecule has 1 aromatic carbocycles. The van der Waals surface area contributed by atoms with Crippen LogP contribution in [0.1, 0.15) is 30.6 Å². The van der Waals surface area contributed by atoms with Crippen molar-refractivity contribution >= 4 is 33.3 Å². The van der Waals surface area contributed by atoms with E-state index in [1.807, 2.05) is 12.1 Å². The first-order chi connectivity index (χ1) is 9.81. The molecule has 1 unspecified atom stereocenters. The second-order valence-corrected chi connectivity index (χ2v) is 6.58. The largest absolute Gasteiger partial charge is 0.405 e. The van der Waals surface area contributed by atoms with E-state index in [1.54, 1.807) is 11.3 Å². The number of fused-ring (bicyclic) bond motifs is 1. The number of carbonyl (C=O) groups is 1. The fraction of sp³-hybridized carbons (Fsp3) is 0.375. The Morgan fingerprint density at radius 1 is 1.20 bits per heavy atom. The summed E-state index contributed by atoms with van der Waals surface area (Å²) < 4.78 is 6.62. The third-order valence-electron chi connectivity index (χ3n) is 4.18. The molecule has 3 nitrogen and oxygen atoms in total. The normalized spacial score (nSPS) is 23.3. The van der Waals surface area contributed by atoms with Gasteiger partial charge in [-0.15, -0.1) is 11.3 Å². The predicted molar refractivity (Wildman–Crippen MR) is 80.2 cm³/mol. The molecule has 0 spiro atoms. The Morgan fingerprint density at radius 2 is 2.00 bits per heavy atom. The van der Waals surface area contributed by atoms with E-state index >= 15 is 0 Å². The van der Waals surface area contributed by atoms with Crippen molar-refractivity contribution in [3.8, 4) is 0 Å². The average Bonchev–Trinajstić information content (AvgIpc) is 3.16. The predicted octanol–water partition coefficient (Wildman–Crippen LogP) is 3.76. The number of carbonyl (C=O) groups excluding carboxylic acids is 1. The average molecular weight is 285 g/mol. The minimum absolute atomic E-state index is 0.163. The number of thiophene rings is 1. The van der Waals surface area contributed by atoms with Crippen LogP contribution in [0.5, 0.6) is 0 Å². The maximum atomic E-state index is 12.0. The van der Waals surface area contributed by atoms with Crippen LogP contribution in [0.3, 0.4) is 0 Å². The Labute approximate surface area is 121 Å². The van der Waals surface area contributed by atoms with Gasteiger partial charge in [0.25, 0.3) is 0 Å². The molecular weight excluding hydrogens is 270 g/mol. The first-order valence-corrected chi connectivity index (χ1v) is 7.91. The first kappa shape index (κ1) is 12.1. The van der Waals surface area contributed by atoms with Crippen molar-refractivity contribution in [2.45, 2.75) is 31.7 Å². The van der Waals surface area contributed by atoms with E-state index in [-0.39, 0.29) is 12.0 Å². The second kappa shape index (κ2) is 4.70. The van der Waals surface area contributed by atoms with Gasteiger partial charge in [0.05, 0.1) is 4.88 Å². The summed E-state index contributed by atoms with van der Waals surface area (Å²) in [5.74, 6) is 0.742. The van der Waals surface area contributed by atoms with Crippen LogP contribution in [-0.4, -0.2) is 17.9 Å². The van der Waals surface area contributed by atoms with Crippen LogP contribution in [0, 0.1) is 5.92 Å². The van der Waals surface area contributed by atoms with Gasteiger partial charge in [0.1, 0.15) is 0 Å². The molecule has 1 atom stereocenters. The number of nitrogens with zero attached hydrogens (tertiary/aromatic N) is 1. The Hall–Kier alpha value is -1.68. The quantitative estimate of drug-likeness (QED) is 0.788. The van der Waals surface area contributed by atoms with Crippen molar-refractivity contribution in [3.05, 3.63) is 35.2 Å². The highest BCUT2D eigenvalue weighted by Crippen LogP contribution is 2.34. The summed E-state index contributed by atoms with van der Waals surface area (Å²) in [6.45, 7) is 0. The maximum Gasteiger partial charge on any atom is 0.338 e. The summed E-state index contributed by atoms with van der Waals surface area (Å²) in [5.41, 5.74) is 0. The van der Waals surface area contributed by atoms with Gasteiger partial charge in [0.2, 0.25) is 5.90 Å². The third-order valence-corrected chi connectivity index (χ3v) is 5.28. The summed E-state index contributed by atoms with van der Waals surface area (Å²) in [5, 5.41) is 1.18. The number of hydrogen-bond donors (Lipinski definition) is 0. The molecule has 2 aromatic rings. The molecule has 0 saturated heterocycles. The fourth-order valence-corrected chi connectivity index (χ4v) is 4.13. The molecule has 2 aliphatic rings. The zero-order valence-electron chi connectivity index (χ0n) is 11.0. The molecule has 0 bridgehead atoms. The van der Waals surface area contributed by atoms with E-state index in [0.29, 0.717) is 11.8 Å². The number of hydrogen-bond acceptors (Lipinski definition) is 4. The number of cyclic esters (lactones) is 1. The SMILES string of the molecule is O=C1OC(c2cc3ccccc3s2)=NC1C1CCCC1. The molecule has 1 saturated carbocycles. The Kier molecular flexibility index (Phi) is 2.84. The van der Waals surface area contributed by atoms with Crippen LogP contribution < -0.4 is 0 Å². The number of aliphatic imine (C=N–C) groups is 1. The lowest BCUT2D eigenvalue weighted by molar-refractivity contribution is -0.136. The molecule has 0 amide bonds. The monoisotopic (exact) mass is 285 g/mol. The standard InChI is InChI=1S/C16H15NO2S/c18-16-14(10-5-1-2-6-10)17-15(19-16)13-9-11-7-3-4-8-12(11)20-13/h3-4,7-10,14H,1-2,5-6H2. The summed E-state index contributed by atoms with van der Waals surface area (Å²) in [6.07, 6.45) is 4.62. The van der Waals surface area contributed by atoms with Crippen LogP contribution >= 0.6 is 11.3 Å². The van der Waals surface area contributed by atoms with E-state index in [4.69, 9.17) is 4.74 Å². The highest BCUT2D eigenvalue weighted by atomic mass is 32.1. The van der Waals surface area contributed by atoms with Gasteiger partial charge < -0.3 is 4.74 Å². The molecule has 1 aromatic heterocycles. The Balaban J connectivity index is 1.67. The minimum Gasteiger partial charge on any atom is -0.405 e. The van der Waals surface area contributed by atoms with Gasteiger partial charge in [-0.05, 0) is 36.3 Å². The van der Waals surface area contributed by atoms with Gasteiger partial charge in [-0.2, -0.15) is 0 Å². The topological polar surface area (TPSA) is 38.7 Å². The second-order valence-electron chi connectivity index (χ2n) is 5.49. The van der Waals surface area contributed by atoms with Gasteiger partial charge in [0, 0.05) is 4.70 Å².